The molecular formula is C13H13N3O2. The number of carbonyl (C=O) groups is 1. The monoisotopic (exact) mass is 243 g/mol. The fraction of sp³-hybridized carbons (Fsp3) is 0.154. The van der Waals surface area contributed by atoms with Crippen molar-refractivity contribution in [2.24, 2.45) is 0 Å². The molecule has 2 aromatic heterocycles. The van der Waals surface area contributed by atoms with Crippen LogP contribution in [0.15, 0.2) is 47.5 Å². The first-order valence-corrected chi connectivity index (χ1v) is 5.63. The van der Waals surface area contributed by atoms with E-state index in [1.165, 1.54) is 6.07 Å². The zero-order valence-electron chi connectivity index (χ0n) is 9.96. The van der Waals surface area contributed by atoms with Crippen LogP contribution in [0.5, 0.6) is 0 Å². The second-order valence-electron chi connectivity index (χ2n) is 3.68. The summed E-state index contributed by atoms with van der Waals surface area (Å²) in [6, 6.07) is 8.03. The summed E-state index contributed by atoms with van der Waals surface area (Å²) < 4.78 is 0. The minimum atomic E-state index is -0.286. The van der Waals surface area contributed by atoms with Gasteiger partial charge in [0.1, 0.15) is 5.69 Å². The number of amides is 1. The Morgan fingerprint density at radius 3 is 2.61 bits per heavy atom. The Labute approximate surface area is 104 Å². The van der Waals surface area contributed by atoms with Crippen molar-refractivity contribution in [2.75, 3.05) is 11.4 Å². The van der Waals surface area contributed by atoms with E-state index in [4.69, 9.17) is 0 Å². The zero-order valence-corrected chi connectivity index (χ0v) is 9.96. The van der Waals surface area contributed by atoms with Gasteiger partial charge in [-0.1, -0.05) is 6.07 Å². The molecule has 18 heavy (non-hydrogen) atoms. The van der Waals surface area contributed by atoms with Crippen LogP contribution < -0.4 is 10.5 Å². The van der Waals surface area contributed by atoms with Crippen molar-refractivity contribution in [3.8, 4) is 0 Å². The molecule has 0 atom stereocenters. The van der Waals surface area contributed by atoms with Gasteiger partial charge in [0.25, 0.3) is 5.91 Å². The third-order valence-electron chi connectivity index (χ3n) is 2.53. The topological polar surface area (TPSA) is 66.1 Å². The molecule has 0 aliphatic rings. The number of pyridine rings is 2. The summed E-state index contributed by atoms with van der Waals surface area (Å²) in [7, 11) is 0. The molecule has 0 fully saturated rings. The summed E-state index contributed by atoms with van der Waals surface area (Å²) in [5.41, 5.74) is 0.745. The molecule has 5 heteroatoms. The standard InChI is InChI=1S/C13H13N3O2/c1-2-16(10-6-8-14-9-7-10)13(18)11-4-3-5-12(17)15-11/h3-9H,2H2,1H3,(H,15,17). The van der Waals surface area contributed by atoms with E-state index < -0.39 is 0 Å². The maximum Gasteiger partial charge on any atom is 0.274 e. The molecule has 0 saturated heterocycles. The second kappa shape index (κ2) is 5.27. The molecule has 0 aromatic carbocycles. The van der Waals surface area contributed by atoms with Crippen molar-refractivity contribution in [1.29, 1.82) is 0 Å². The number of hydrogen-bond acceptors (Lipinski definition) is 3. The van der Waals surface area contributed by atoms with E-state index in [0.29, 0.717) is 6.54 Å². The molecule has 0 radical (unpaired) electrons. The second-order valence-corrected chi connectivity index (χ2v) is 3.68. The Bertz CT molecular complexity index is 592. The van der Waals surface area contributed by atoms with Crippen LogP contribution in [0.3, 0.4) is 0 Å². The lowest BCUT2D eigenvalue weighted by molar-refractivity contribution is 0.0983. The van der Waals surface area contributed by atoms with Gasteiger partial charge in [0.15, 0.2) is 0 Å². The summed E-state index contributed by atoms with van der Waals surface area (Å²) >= 11 is 0. The first kappa shape index (κ1) is 12.0. The van der Waals surface area contributed by atoms with Crippen LogP contribution >= 0.6 is 0 Å². The van der Waals surface area contributed by atoms with Crippen molar-refractivity contribution >= 4 is 11.6 Å². The summed E-state index contributed by atoms with van der Waals surface area (Å²) in [6.07, 6.45) is 3.25. The van der Waals surface area contributed by atoms with E-state index in [1.54, 1.807) is 41.6 Å². The number of H-pyrrole nitrogens is 1. The molecule has 0 saturated carbocycles. The lowest BCUT2D eigenvalue weighted by Crippen LogP contribution is -2.32. The van der Waals surface area contributed by atoms with E-state index in [-0.39, 0.29) is 17.2 Å². The fourth-order valence-corrected chi connectivity index (χ4v) is 1.69. The molecule has 2 rings (SSSR count). The van der Waals surface area contributed by atoms with Gasteiger partial charge in [0, 0.05) is 30.7 Å². The van der Waals surface area contributed by atoms with Crippen LogP contribution in [-0.4, -0.2) is 22.4 Å². The van der Waals surface area contributed by atoms with Crippen LogP contribution in [0, 0.1) is 0 Å². The number of nitrogens with one attached hydrogen (secondary N) is 1. The molecule has 0 aliphatic carbocycles. The number of carbonyl (C=O) groups excluding carboxylic acids is 1. The average molecular weight is 243 g/mol. The summed E-state index contributed by atoms with van der Waals surface area (Å²) in [5, 5.41) is 0. The molecule has 2 heterocycles. The lowest BCUT2D eigenvalue weighted by atomic mass is 10.2. The van der Waals surface area contributed by atoms with Crippen LogP contribution in [0.4, 0.5) is 5.69 Å². The Balaban J connectivity index is 2.34. The smallest absolute Gasteiger partial charge is 0.274 e. The van der Waals surface area contributed by atoms with E-state index >= 15 is 0 Å². The Morgan fingerprint density at radius 1 is 1.28 bits per heavy atom. The number of aromatic amines is 1. The number of hydrogen-bond donors (Lipinski definition) is 1. The van der Waals surface area contributed by atoms with Crippen LogP contribution in [0.25, 0.3) is 0 Å². The number of rotatable bonds is 3. The molecular weight excluding hydrogens is 230 g/mol. The van der Waals surface area contributed by atoms with Crippen LogP contribution in [0.2, 0.25) is 0 Å². The molecule has 0 unspecified atom stereocenters. The molecule has 1 amide bonds. The number of nitrogens with zero attached hydrogens (tertiary/aromatic N) is 2. The van der Waals surface area contributed by atoms with E-state index in [2.05, 4.69) is 9.97 Å². The minimum Gasteiger partial charge on any atom is -0.318 e. The molecule has 1 N–H and O–H groups in total. The summed E-state index contributed by atoms with van der Waals surface area (Å²) in [4.78, 5) is 31.5. The molecule has 92 valence electrons. The Kier molecular flexibility index (Phi) is 3.52. The highest BCUT2D eigenvalue weighted by Crippen LogP contribution is 2.14. The maximum atomic E-state index is 12.3. The summed E-state index contributed by atoms with van der Waals surface area (Å²) in [5.74, 6) is -0.235. The predicted octanol–water partition coefficient (Wildman–Crippen LogP) is 1.44. The zero-order chi connectivity index (χ0) is 13.0. The number of aromatic nitrogens is 2. The van der Waals surface area contributed by atoms with E-state index in [9.17, 15) is 9.59 Å². The lowest BCUT2D eigenvalue weighted by Gasteiger charge is -2.20. The molecule has 0 spiro atoms. The Hall–Kier alpha value is -2.43. The van der Waals surface area contributed by atoms with E-state index in [1.807, 2.05) is 6.92 Å². The van der Waals surface area contributed by atoms with Gasteiger partial charge < -0.3 is 9.88 Å². The average Bonchev–Trinajstić information content (AvgIpc) is 2.41. The quantitative estimate of drug-likeness (QED) is 0.887. The third kappa shape index (κ3) is 2.45. The van der Waals surface area contributed by atoms with Gasteiger partial charge in [-0.2, -0.15) is 0 Å². The largest absolute Gasteiger partial charge is 0.318 e. The first-order valence-electron chi connectivity index (χ1n) is 5.63. The van der Waals surface area contributed by atoms with Gasteiger partial charge >= 0.3 is 0 Å². The van der Waals surface area contributed by atoms with Gasteiger partial charge in [0.2, 0.25) is 5.56 Å². The molecule has 2 aromatic rings. The minimum absolute atomic E-state index is 0.235. The van der Waals surface area contributed by atoms with Gasteiger partial charge in [0.05, 0.1) is 0 Å². The third-order valence-corrected chi connectivity index (χ3v) is 2.53. The van der Waals surface area contributed by atoms with Gasteiger partial charge in [-0.3, -0.25) is 14.6 Å². The van der Waals surface area contributed by atoms with Crippen molar-refractivity contribution in [2.45, 2.75) is 6.92 Å². The highest BCUT2D eigenvalue weighted by molar-refractivity contribution is 6.04. The highest BCUT2D eigenvalue weighted by Gasteiger charge is 2.16. The van der Waals surface area contributed by atoms with Crippen molar-refractivity contribution < 1.29 is 4.79 Å². The molecule has 0 bridgehead atoms. The maximum absolute atomic E-state index is 12.3. The molecule has 5 nitrogen and oxygen atoms in total. The number of anilines is 1. The van der Waals surface area contributed by atoms with Gasteiger partial charge in [-0.25, -0.2) is 0 Å². The predicted molar refractivity (Wildman–Crippen MR) is 68.7 cm³/mol. The SMILES string of the molecule is CCN(C(=O)c1cccc(=O)[nH]1)c1ccncc1. The fourth-order valence-electron chi connectivity index (χ4n) is 1.69. The van der Waals surface area contributed by atoms with Gasteiger partial charge in [-0.15, -0.1) is 0 Å². The first-order chi connectivity index (χ1) is 8.72. The van der Waals surface area contributed by atoms with Crippen LogP contribution in [-0.2, 0) is 0 Å². The van der Waals surface area contributed by atoms with E-state index in [0.717, 1.165) is 5.69 Å². The van der Waals surface area contributed by atoms with Crippen molar-refractivity contribution in [3.63, 3.8) is 0 Å². The van der Waals surface area contributed by atoms with Gasteiger partial charge in [-0.05, 0) is 25.1 Å². The van der Waals surface area contributed by atoms with Crippen molar-refractivity contribution in [3.05, 3.63) is 58.8 Å². The summed E-state index contributed by atoms with van der Waals surface area (Å²) in [6.45, 7) is 2.39. The van der Waals surface area contributed by atoms with Crippen LogP contribution in [0.1, 0.15) is 17.4 Å². The normalized spacial score (nSPS) is 10.1. The molecule has 0 aliphatic heterocycles. The Morgan fingerprint density at radius 2 is 2.00 bits per heavy atom. The highest BCUT2D eigenvalue weighted by atomic mass is 16.2. The van der Waals surface area contributed by atoms with Crippen molar-refractivity contribution in [1.82, 2.24) is 9.97 Å².